The average Bonchev–Trinajstić information content (AvgIpc) is 2.90. The molecule has 1 amide bonds. The van der Waals surface area contributed by atoms with Crippen LogP contribution in [-0.4, -0.2) is 56.3 Å². The van der Waals surface area contributed by atoms with Crippen molar-refractivity contribution < 1.29 is 32.3 Å². The maximum atomic E-state index is 11.9. The zero-order valence-corrected chi connectivity index (χ0v) is 16.1. The van der Waals surface area contributed by atoms with Crippen LogP contribution in [0.1, 0.15) is 37.0 Å². The Balaban J connectivity index is 1.73. The van der Waals surface area contributed by atoms with E-state index in [1.807, 2.05) is 0 Å². The van der Waals surface area contributed by atoms with Gasteiger partial charge in [-0.2, -0.15) is 0 Å². The maximum Gasteiger partial charge on any atom is 0.344 e. The van der Waals surface area contributed by atoms with Crippen molar-refractivity contribution in [2.75, 3.05) is 24.7 Å². The summed E-state index contributed by atoms with van der Waals surface area (Å²) in [5, 5.41) is 2.59. The van der Waals surface area contributed by atoms with E-state index in [9.17, 15) is 22.8 Å². The highest BCUT2D eigenvalue weighted by atomic mass is 32.2. The van der Waals surface area contributed by atoms with E-state index in [1.165, 1.54) is 0 Å². The summed E-state index contributed by atoms with van der Waals surface area (Å²) in [4.78, 5) is 35.1. The Hall–Kier alpha value is -2.42. The third kappa shape index (κ3) is 6.35. The molecule has 1 saturated heterocycles. The molecule has 0 bridgehead atoms. The lowest BCUT2D eigenvalue weighted by atomic mass is 10.0. The maximum absolute atomic E-state index is 11.9. The van der Waals surface area contributed by atoms with Crippen LogP contribution in [0, 0.1) is 0 Å². The van der Waals surface area contributed by atoms with Gasteiger partial charge in [-0.25, -0.2) is 13.2 Å². The number of esters is 1. The Morgan fingerprint density at radius 2 is 1.81 bits per heavy atom. The second-order valence-electron chi connectivity index (χ2n) is 6.70. The van der Waals surface area contributed by atoms with Gasteiger partial charge in [0, 0.05) is 12.0 Å². The van der Waals surface area contributed by atoms with E-state index in [0.717, 1.165) is 0 Å². The first-order valence-electron chi connectivity index (χ1n) is 8.55. The molecule has 1 N–H and O–H groups in total. The molecular formula is C18H23NO7S. The monoisotopic (exact) mass is 397 g/mol. The number of hydrogen-bond donors (Lipinski definition) is 1. The number of nitrogens with one attached hydrogen (secondary N) is 1. The second kappa shape index (κ2) is 8.51. The zero-order chi connectivity index (χ0) is 20.1. The number of ketones is 1. The molecule has 148 valence electrons. The summed E-state index contributed by atoms with van der Waals surface area (Å²) in [6.07, 6.45) is 0.730. The summed E-state index contributed by atoms with van der Waals surface area (Å²) >= 11 is 0. The van der Waals surface area contributed by atoms with E-state index < -0.39 is 33.9 Å². The summed E-state index contributed by atoms with van der Waals surface area (Å²) in [5.41, 5.74) is -0.275. The topological polar surface area (TPSA) is 116 Å². The van der Waals surface area contributed by atoms with E-state index >= 15 is 0 Å². The van der Waals surface area contributed by atoms with Gasteiger partial charge in [0.25, 0.3) is 5.91 Å². The van der Waals surface area contributed by atoms with Crippen molar-refractivity contribution in [3.8, 4) is 5.75 Å². The van der Waals surface area contributed by atoms with Crippen LogP contribution in [0.25, 0.3) is 0 Å². The van der Waals surface area contributed by atoms with Crippen molar-refractivity contribution >= 4 is 27.5 Å². The van der Waals surface area contributed by atoms with Crippen molar-refractivity contribution in [2.24, 2.45) is 0 Å². The number of ether oxygens (including phenoxy) is 2. The van der Waals surface area contributed by atoms with E-state index in [2.05, 4.69) is 5.32 Å². The van der Waals surface area contributed by atoms with Crippen molar-refractivity contribution in [1.29, 1.82) is 0 Å². The molecule has 1 heterocycles. The summed E-state index contributed by atoms with van der Waals surface area (Å²) in [7, 11) is -3.14. The second-order valence-corrected chi connectivity index (χ2v) is 8.89. The highest BCUT2D eigenvalue weighted by molar-refractivity contribution is 7.91. The van der Waals surface area contributed by atoms with E-state index in [4.69, 9.17) is 9.47 Å². The van der Waals surface area contributed by atoms with Crippen molar-refractivity contribution in [2.45, 2.75) is 32.2 Å². The van der Waals surface area contributed by atoms with E-state index in [-0.39, 0.29) is 23.9 Å². The van der Waals surface area contributed by atoms with Crippen molar-refractivity contribution in [1.82, 2.24) is 5.32 Å². The minimum absolute atomic E-state index is 0.00994. The summed E-state index contributed by atoms with van der Waals surface area (Å²) in [5.74, 6) is -0.990. The minimum atomic E-state index is -3.14. The molecule has 27 heavy (non-hydrogen) atoms. The molecular weight excluding hydrogens is 374 g/mol. The van der Waals surface area contributed by atoms with Crippen LogP contribution in [0.4, 0.5) is 0 Å². The van der Waals surface area contributed by atoms with Crippen LogP contribution in [0.3, 0.4) is 0 Å². The lowest BCUT2D eigenvalue weighted by molar-refractivity contribution is -0.150. The Morgan fingerprint density at radius 3 is 2.37 bits per heavy atom. The fourth-order valence-electron chi connectivity index (χ4n) is 2.75. The molecule has 0 radical (unpaired) electrons. The quantitative estimate of drug-likeness (QED) is 0.512. The number of carbonyl (C=O) groups excluding carboxylic acids is 3. The highest BCUT2D eigenvalue weighted by Gasteiger charge is 2.39. The lowest BCUT2D eigenvalue weighted by Gasteiger charge is -2.23. The predicted molar refractivity (Wildman–Crippen MR) is 97.3 cm³/mol. The highest BCUT2D eigenvalue weighted by Crippen LogP contribution is 2.22. The van der Waals surface area contributed by atoms with Crippen molar-refractivity contribution in [3.63, 3.8) is 0 Å². The molecule has 1 aromatic rings. The normalized spacial score (nSPS) is 20.7. The number of rotatable bonds is 8. The first-order chi connectivity index (χ1) is 12.6. The van der Waals surface area contributed by atoms with Crippen LogP contribution >= 0.6 is 0 Å². The molecule has 0 aromatic heterocycles. The number of Topliss-reactive ketones (excluding diaryl/α,β-unsaturated/α-hetero) is 1. The van der Waals surface area contributed by atoms with Gasteiger partial charge >= 0.3 is 5.97 Å². The van der Waals surface area contributed by atoms with Gasteiger partial charge in [0.05, 0.1) is 17.0 Å². The van der Waals surface area contributed by atoms with Gasteiger partial charge < -0.3 is 14.8 Å². The molecule has 2 rings (SSSR count). The fraction of sp³-hybridized carbons (Fsp3) is 0.500. The molecule has 8 nitrogen and oxygen atoms in total. The molecule has 1 aliphatic rings. The molecule has 1 aliphatic heterocycles. The summed E-state index contributed by atoms with van der Waals surface area (Å²) < 4.78 is 33.1. The van der Waals surface area contributed by atoms with Gasteiger partial charge in [-0.05, 0) is 37.6 Å². The van der Waals surface area contributed by atoms with E-state index in [1.54, 1.807) is 38.1 Å². The van der Waals surface area contributed by atoms with Gasteiger partial charge in [0.2, 0.25) is 0 Å². The number of benzene rings is 1. The molecule has 1 atom stereocenters. The molecule has 9 heteroatoms. The lowest BCUT2D eigenvalue weighted by Crippen LogP contribution is -2.48. The van der Waals surface area contributed by atoms with Crippen LogP contribution in [-0.2, 0) is 24.2 Å². The minimum Gasteiger partial charge on any atom is -0.482 e. The summed E-state index contributed by atoms with van der Waals surface area (Å²) in [6.45, 7) is 2.51. The number of sulfone groups is 1. The van der Waals surface area contributed by atoms with Crippen LogP contribution in [0.15, 0.2) is 24.3 Å². The van der Waals surface area contributed by atoms with Crippen LogP contribution in [0.2, 0.25) is 0 Å². The summed E-state index contributed by atoms with van der Waals surface area (Å²) in [6, 6.07) is 6.36. The van der Waals surface area contributed by atoms with Gasteiger partial charge in [0.1, 0.15) is 5.75 Å². The smallest absolute Gasteiger partial charge is 0.344 e. The van der Waals surface area contributed by atoms with Crippen LogP contribution < -0.4 is 10.1 Å². The molecule has 1 fully saturated rings. The first kappa shape index (κ1) is 20.9. The zero-order valence-electron chi connectivity index (χ0n) is 15.3. The third-order valence-electron chi connectivity index (χ3n) is 4.16. The number of hydrogen-bond acceptors (Lipinski definition) is 7. The molecule has 1 aromatic carbocycles. The Labute approximate surface area is 158 Å². The average molecular weight is 397 g/mol. The first-order valence-corrected chi connectivity index (χ1v) is 10.4. The van der Waals surface area contributed by atoms with Crippen LogP contribution in [0.5, 0.6) is 5.75 Å². The Kier molecular flexibility index (Phi) is 6.59. The Bertz CT molecular complexity index is 817. The van der Waals surface area contributed by atoms with Crippen molar-refractivity contribution in [3.05, 3.63) is 29.8 Å². The fourth-order valence-corrected chi connectivity index (χ4v) is 4.85. The van der Waals surface area contributed by atoms with Gasteiger partial charge in [-0.15, -0.1) is 0 Å². The van der Waals surface area contributed by atoms with Gasteiger partial charge in [-0.3, -0.25) is 9.59 Å². The van der Waals surface area contributed by atoms with Gasteiger partial charge in [-0.1, -0.05) is 6.92 Å². The third-order valence-corrected chi connectivity index (χ3v) is 6.07. The standard InChI is InChI=1S/C18H23NO7S/c1-3-15(20)13-4-6-14(7-5-13)25-11-17(22)26-10-16(21)19-18(2)8-9-27(23,24)12-18/h4-7H,3,8-12H2,1-2H3,(H,19,21)/t18-/m1/s1. The number of carbonyl (C=O) groups is 3. The number of amides is 1. The SMILES string of the molecule is CCC(=O)c1ccc(OCC(=O)OCC(=O)N[C@]2(C)CCS(=O)(=O)C2)cc1. The molecule has 0 spiro atoms. The molecule has 0 unspecified atom stereocenters. The van der Waals surface area contributed by atoms with E-state index in [0.29, 0.717) is 24.2 Å². The Morgan fingerprint density at radius 1 is 1.15 bits per heavy atom. The largest absolute Gasteiger partial charge is 0.482 e. The predicted octanol–water partition coefficient (Wildman–Crippen LogP) is 0.895. The molecule has 0 saturated carbocycles. The molecule has 0 aliphatic carbocycles. The van der Waals surface area contributed by atoms with Gasteiger partial charge in [0.15, 0.2) is 28.8 Å².